The quantitative estimate of drug-likeness (QED) is 0.398. The van der Waals surface area contributed by atoms with Crippen LogP contribution in [0.4, 0.5) is 10.2 Å². The lowest BCUT2D eigenvalue weighted by molar-refractivity contribution is 0.0795. The third-order valence-corrected chi connectivity index (χ3v) is 6.32. The monoisotopic (exact) mass is 500 g/mol. The van der Waals surface area contributed by atoms with E-state index in [1.165, 1.54) is 12.1 Å². The van der Waals surface area contributed by atoms with Crippen molar-refractivity contribution in [3.8, 4) is 22.5 Å². The van der Waals surface area contributed by atoms with E-state index in [-0.39, 0.29) is 11.7 Å². The molecule has 1 amide bonds. The summed E-state index contributed by atoms with van der Waals surface area (Å²) in [6.45, 7) is 6.81. The molecule has 0 bridgehead atoms. The molecule has 0 aliphatic carbocycles. The summed E-state index contributed by atoms with van der Waals surface area (Å²) >= 11 is 0. The summed E-state index contributed by atoms with van der Waals surface area (Å²) in [4.78, 5) is 19.8. The van der Waals surface area contributed by atoms with Crippen molar-refractivity contribution >= 4 is 11.7 Å². The smallest absolute Gasteiger partial charge is 0.260 e. The van der Waals surface area contributed by atoms with Gasteiger partial charge in [-0.1, -0.05) is 18.2 Å². The van der Waals surface area contributed by atoms with Crippen LogP contribution in [0, 0.1) is 12.7 Å². The second-order valence-corrected chi connectivity index (χ2v) is 10.1. The van der Waals surface area contributed by atoms with Gasteiger partial charge in [-0.2, -0.15) is 0 Å². The molecule has 0 atom stereocenters. The molecule has 0 spiro atoms. The van der Waals surface area contributed by atoms with Gasteiger partial charge in [-0.05, 0) is 73.4 Å². The fourth-order valence-corrected chi connectivity index (χ4v) is 4.61. The molecule has 9 heteroatoms. The lowest BCUT2D eigenvalue weighted by Gasteiger charge is -2.19. The summed E-state index contributed by atoms with van der Waals surface area (Å²) < 4.78 is 15.9. The highest BCUT2D eigenvalue weighted by atomic mass is 19.1. The van der Waals surface area contributed by atoms with Gasteiger partial charge in [-0.3, -0.25) is 9.69 Å². The number of anilines is 1. The highest BCUT2D eigenvalue weighted by Gasteiger charge is 2.30. The zero-order valence-electron chi connectivity index (χ0n) is 21.3. The van der Waals surface area contributed by atoms with Crippen LogP contribution in [0.3, 0.4) is 0 Å². The van der Waals surface area contributed by atoms with Crippen molar-refractivity contribution in [2.24, 2.45) is 7.05 Å². The molecule has 8 nitrogen and oxygen atoms in total. The zero-order chi connectivity index (χ0) is 26.3. The number of aryl methyl sites for hydroxylation is 2. The van der Waals surface area contributed by atoms with Gasteiger partial charge in [-0.15, -0.1) is 10.2 Å². The molecule has 0 saturated carbocycles. The number of carbonyl (C=O) groups is 1. The van der Waals surface area contributed by atoms with Gasteiger partial charge in [0.25, 0.3) is 5.91 Å². The highest BCUT2D eigenvalue weighted by Crippen LogP contribution is 2.35. The van der Waals surface area contributed by atoms with Crippen LogP contribution in [0.5, 0.6) is 0 Å². The fraction of sp³-hybridized carbons (Fsp3) is 0.286. The molecule has 2 aromatic heterocycles. The van der Waals surface area contributed by atoms with E-state index in [0.29, 0.717) is 42.4 Å². The molecule has 0 fully saturated rings. The van der Waals surface area contributed by atoms with Crippen LogP contribution < -0.4 is 10.2 Å². The Labute approximate surface area is 214 Å². The molecule has 0 saturated heterocycles. The number of nitrogens with one attached hydrogen (secondary N) is 1. The Bertz CT molecular complexity index is 1490. The van der Waals surface area contributed by atoms with E-state index < -0.39 is 5.60 Å². The minimum absolute atomic E-state index is 0.132. The molecule has 1 aliphatic rings. The standard InChI is InChI=1S/C28H29FN6O2/c1-17-9-18(13-30-15-28(2,3)37)10-25(32-17)35-14-20-6-5-19(11-23(20)27(35)36)22-8-7-21(29)12-24(22)26-33-31-16-34(26)4/h5-12,16,30,37H,13-15H2,1-4H3. The number of halogens is 1. The first-order chi connectivity index (χ1) is 17.6. The predicted octanol–water partition coefficient (Wildman–Crippen LogP) is 4.01. The van der Waals surface area contributed by atoms with Crippen LogP contribution in [-0.2, 0) is 20.1 Å². The number of hydrogen-bond acceptors (Lipinski definition) is 6. The number of benzene rings is 2. The minimum atomic E-state index is -0.813. The molecular formula is C28H29FN6O2. The summed E-state index contributed by atoms with van der Waals surface area (Å²) in [6.07, 6.45) is 1.57. The van der Waals surface area contributed by atoms with E-state index in [1.54, 1.807) is 42.8 Å². The maximum Gasteiger partial charge on any atom is 0.260 e. The molecule has 1 aliphatic heterocycles. The number of amides is 1. The van der Waals surface area contributed by atoms with Crippen molar-refractivity contribution < 1.29 is 14.3 Å². The number of aromatic nitrogens is 4. The Morgan fingerprint density at radius 3 is 2.62 bits per heavy atom. The minimum Gasteiger partial charge on any atom is -0.389 e. The van der Waals surface area contributed by atoms with E-state index in [4.69, 9.17) is 0 Å². The van der Waals surface area contributed by atoms with Gasteiger partial charge in [0.1, 0.15) is 18.0 Å². The van der Waals surface area contributed by atoms with Crippen molar-refractivity contribution in [2.75, 3.05) is 11.4 Å². The SMILES string of the molecule is Cc1cc(CNCC(C)(C)O)cc(N2Cc3ccc(-c4ccc(F)cc4-c4nncn4C)cc3C2=O)n1. The van der Waals surface area contributed by atoms with Gasteiger partial charge in [0, 0.05) is 37.0 Å². The summed E-state index contributed by atoms with van der Waals surface area (Å²) in [7, 11) is 1.80. The molecular weight excluding hydrogens is 471 g/mol. The summed E-state index contributed by atoms with van der Waals surface area (Å²) in [5.41, 5.74) is 4.63. The van der Waals surface area contributed by atoms with E-state index in [9.17, 15) is 14.3 Å². The molecule has 2 aromatic carbocycles. The number of nitrogens with zero attached hydrogens (tertiary/aromatic N) is 5. The number of fused-ring (bicyclic) bond motifs is 1. The fourth-order valence-electron chi connectivity index (χ4n) is 4.61. The topological polar surface area (TPSA) is 96.2 Å². The Hall–Kier alpha value is -3.95. The van der Waals surface area contributed by atoms with E-state index in [1.807, 2.05) is 37.3 Å². The van der Waals surface area contributed by atoms with Crippen LogP contribution >= 0.6 is 0 Å². The lowest BCUT2D eigenvalue weighted by atomic mass is 9.96. The van der Waals surface area contributed by atoms with Crippen LogP contribution in [0.25, 0.3) is 22.5 Å². The number of rotatable bonds is 7. The molecule has 3 heterocycles. The Kier molecular flexibility index (Phi) is 6.35. The van der Waals surface area contributed by atoms with E-state index in [2.05, 4.69) is 20.5 Å². The van der Waals surface area contributed by atoms with Crippen LogP contribution in [0.2, 0.25) is 0 Å². The average Bonchev–Trinajstić information content (AvgIpc) is 3.40. The lowest BCUT2D eigenvalue weighted by Crippen LogP contribution is -2.34. The molecule has 5 rings (SSSR count). The van der Waals surface area contributed by atoms with Crippen LogP contribution in [0.1, 0.15) is 41.0 Å². The first-order valence-electron chi connectivity index (χ1n) is 12.1. The van der Waals surface area contributed by atoms with Crippen molar-refractivity contribution in [1.82, 2.24) is 25.1 Å². The number of aliphatic hydroxyl groups is 1. The van der Waals surface area contributed by atoms with Gasteiger partial charge in [0.05, 0.1) is 12.1 Å². The van der Waals surface area contributed by atoms with Gasteiger partial charge in [0.2, 0.25) is 0 Å². The first-order valence-corrected chi connectivity index (χ1v) is 12.1. The Morgan fingerprint density at radius 1 is 1.08 bits per heavy atom. The van der Waals surface area contributed by atoms with Gasteiger partial charge < -0.3 is 15.0 Å². The second-order valence-electron chi connectivity index (χ2n) is 10.1. The maximum absolute atomic E-state index is 14.2. The number of carbonyl (C=O) groups excluding carboxylic acids is 1. The molecule has 2 N–H and O–H groups in total. The van der Waals surface area contributed by atoms with Gasteiger partial charge in [0.15, 0.2) is 5.82 Å². The predicted molar refractivity (Wildman–Crippen MR) is 139 cm³/mol. The second kappa shape index (κ2) is 9.49. The van der Waals surface area contributed by atoms with Crippen molar-refractivity contribution in [1.29, 1.82) is 0 Å². The van der Waals surface area contributed by atoms with E-state index >= 15 is 0 Å². The maximum atomic E-state index is 14.2. The zero-order valence-corrected chi connectivity index (χ0v) is 21.3. The highest BCUT2D eigenvalue weighted by molar-refractivity contribution is 6.10. The average molecular weight is 501 g/mol. The molecule has 37 heavy (non-hydrogen) atoms. The molecule has 190 valence electrons. The largest absolute Gasteiger partial charge is 0.389 e. The molecule has 0 radical (unpaired) electrons. The van der Waals surface area contributed by atoms with Crippen LogP contribution in [0.15, 0.2) is 54.9 Å². The number of pyridine rings is 1. The Morgan fingerprint density at radius 2 is 1.89 bits per heavy atom. The van der Waals surface area contributed by atoms with Crippen molar-refractivity contribution in [3.05, 3.63) is 83.1 Å². The normalized spacial score (nSPS) is 13.4. The summed E-state index contributed by atoms with van der Waals surface area (Å²) in [5, 5.41) is 21.3. The third kappa shape index (κ3) is 5.14. The van der Waals surface area contributed by atoms with Gasteiger partial charge in [-0.25, -0.2) is 9.37 Å². The first kappa shape index (κ1) is 24.7. The van der Waals surface area contributed by atoms with E-state index in [0.717, 1.165) is 27.9 Å². The Balaban J connectivity index is 1.45. The molecule has 0 unspecified atom stereocenters. The van der Waals surface area contributed by atoms with Gasteiger partial charge >= 0.3 is 0 Å². The van der Waals surface area contributed by atoms with Crippen LogP contribution in [-0.4, -0.2) is 42.9 Å². The van der Waals surface area contributed by atoms with Crippen molar-refractivity contribution in [2.45, 2.75) is 39.5 Å². The molecule has 4 aromatic rings. The third-order valence-electron chi connectivity index (χ3n) is 6.32. The van der Waals surface area contributed by atoms with Crippen molar-refractivity contribution in [3.63, 3.8) is 0 Å². The number of hydrogen-bond donors (Lipinski definition) is 2. The summed E-state index contributed by atoms with van der Waals surface area (Å²) in [6, 6.07) is 14.1. The summed E-state index contributed by atoms with van der Waals surface area (Å²) in [5.74, 6) is 0.623.